The Labute approximate surface area is 286 Å². The van der Waals surface area contributed by atoms with Crippen LogP contribution in [0.2, 0.25) is 0 Å². The van der Waals surface area contributed by atoms with Gasteiger partial charge in [0.2, 0.25) is 0 Å². The van der Waals surface area contributed by atoms with Crippen LogP contribution in [0.1, 0.15) is 0 Å². The smallest absolute Gasteiger partial charge is 0.324 e. The first kappa shape index (κ1) is 30.9. The zero-order valence-corrected chi connectivity index (χ0v) is 27.5. The molecule has 5 heterocycles. The van der Waals surface area contributed by atoms with Crippen LogP contribution in [-0.4, -0.2) is 83.2 Å². The number of nitrogens with one attached hydrogen (secondary N) is 2. The largest absolute Gasteiger partial charge is 3.00 e. The average molecular weight is 702 g/mol. The van der Waals surface area contributed by atoms with E-state index < -0.39 is 20.2 Å². The fourth-order valence-corrected chi connectivity index (χ4v) is 6.99. The van der Waals surface area contributed by atoms with E-state index in [0.29, 0.717) is 39.5 Å². The van der Waals surface area contributed by atoms with Gasteiger partial charge >= 0.3 is 17.4 Å². The summed E-state index contributed by atoms with van der Waals surface area (Å²) in [5.74, 6) is 0.951. The van der Waals surface area contributed by atoms with Crippen molar-refractivity contribution in [2.75, 3.05) is 0 Å². The van der Waals surface area contributed by atoms with Crippen LogP contribution >= 0.6 is 0 Å². The van der Waals surface area contributed by atoms with Gasteiger partial charge in [-0.15, -0.1) is 0 Å². The van der Waals surface area contributed by atoms with Gasteiger partial charge in [-0.25, -0.2) is 29.9 Å². The predicted octanol–water partition coefficient (Wildman–Crippen LogP) is 4.98. The first-order valence-corrected chi connectivity index (χ1v) is 17.1. The van der Waals surface area contributed by atoms with Crippen molar-refractivity contribution in [3.63, 3.8) is 0 Å². The van der Waals surface area contributed by atoms with Crippen LogP contribution < -0.4 is 0 Å². The number of fused-ring (bicyclic) bond motifs is 20. The summed E-state index contributed by atoms with van der Waals surface area (Å²) < 4.78 is 68.1. The van der Waals surface area contributed by atoms with Crippen molar-refractivity contribution in [2.24, 2.45) is 0 Å². The minimum atomic E-state index is -4.60. The Morgan fingerprint density at radius 3 is 1.33 bits per heavy atom. The van der Waals surface area contributed by atoms with Crippen molar-refractivity contribution in [3.05, 3.63) is 84.9 Å². The van der Waals surface area contributed by atoms with E-state index in [4.69, 9.17) is 24.9 Å². The zero-order valence-electron chi connectivity index (χ0n) is 24.7. The van der Waals surface area contributed by atoms with Crippen LogP contribution in [0.4, 0.5) is 0 Å². The van der Waals surface area contributed by atoms with E-state index in [9.17, 15) is 25.9 Å². The molecule has 2 aliphatic rings. The van der Waals surface area contributed by atoms with Crippen molar-refractivity contribution in [1.29, 1.82) is 0 Å². The molecule has 0 aliphatic carbocycles. The summed E-state index contributed by atoms with van der Waals surface area (Å²) in [7, 11) is -9.19. The van der Waals surface area contributed by atoms with Crippen LogP contribution in [0.3, 0.4) is 0 Å². The summed E-state index contributed by atoms with van der Waals surface area (Å²) >= 11 is 0. The van der Waals surface area contributed by atoms with Gasteiger partial charge in [0.15, 0.2) is 23.3 Å². The van der Waals surface area contributed by atoms with Crippen LogP contribution in [0.5, 0.6) is 0 Å². The van der Waals surface area contributed by atoms with Gasteiger partial charge in [-0.2, -0.15) is 16.8 Å². The summed E-state index contributed by atoms with van der Waals surface area (Å²) in [4.78, 5) is 34.4. The molecule has 0 spiro atoms. The summed E-state index contributed by atoms with van der Waals surface area (Å²) in [5, 5.41) is 2.24. The molecule has 0 atom stereocenters. The third kappa shape index (κ3) is 4.99. The number of aromatic amines is 2. The summed E-state index contributed by atoms with van der Waals surface area (Å²) in [6.07, 6.45) is 0. The molecule has 0 unspecified atom stereocenters. The van der Waals surface area contributed by atoms with Gasteiger partial charge in [0.05, 0.1) is 9.79 Å². The third-order valence-corrected chi connectivity index (χ3v) is 9.88. The molecule has 8 bridgehead atoms. The molecule has 0 saturated heterocycles. The molecule has 9 rings (SSSR count). The molecule has 0 saturated carbocycles. The summed E-state index contributed by atoms with van der Waals surface area (Å²) in [6, 6.07) is 22.9. The maximum Gasteiger partial charge on any atom is 3.00 e. The number of nitrogens with zero attached hydrogens (tertiary/aromatic N) is 6. The Kier molecular flexibility index (Phi) is 6.81. The minimum Gasteiger partial charge on any atom is -0.324 e. The van der Waals surface area contributed by atoms with E-state index in [2.05, 4.69) is 15.0 Å². The Bertz CT molecular complexity index is 2980. The topological polar surface area (TPSA) is 218 Å². The van der Waals surface area contributed by atoms with Crippen molar-refractivity contribution in [2.45, 2.75) is 9.79 Å². The molecule has 3 aromatic heterocycles. The van der Waals surface area contributed by atoms with Crippen LogP contribution in [-0.2, 0) is 20.2 Å². The Balaban J connectivity index is 0.00000348. The number of H-pyrrole nitrogens is 2. The number of hydrogen-bond donors (Lipinski definition) is 4. The number of hydrogen-bond acceptors (Lipinski definition) is 10. The van der Waals surface area contributed by atoms with Crippen molar-refractivity contribution in [3.8, 4) is 45.6 Å². The fourth-order valence-electron chi connectivity index (χ4n) is 5.97. The number of rotatable bonds is 2. The van der Waals surface area contributed by atoms with Gasteiger partial charge in [-0.3, -0.25) is 9.11 Å². The molecule has 14 nitrogen and oxygen atoms in total. The maximum absolute atomic E-state index is 12.1. The Morgan fingerprint density at radius 1 is 0.429 bits per heavy atom. The SMILES string of the molecule is O=S(=O)(O)c1ccc2c(c1)-c1nc-2nc2[nH]c(nc3nc(nc4[nH]c(n1)c1cc(S(=O)(=O)O)ccc41)-c1ccccc1-3)c1ccccc21.[Al+3]. The number of benzene rings is 4. The van der Waals surface area contributed by atoms with Crippen LogP contribution in [0.15, 0.2) is 94.7 Å². The van der Waals surface area contributed by atoms with E-state index in [-0.39, 0.29) is 61.0 Å². The zero-order chi connectivity index (χ0) is 32.9. The van der Waals surface area contributed by atoms with Gasteiger partial charge < -0.3 is 9.97 Å². The van der Waals surface area contributed by atoms with Crippen molar-refractivity contribution in [1.82, 2.24) is 39.9 Å². The molecule has 7 aromatic rings. The molecular formula is C32H18AlN8O6S2+3. The van der Waals surface area contributed by atoms with Gasteiger partial charge in [0.1, 0.15) is 22.6 Å². The van der Waals surface area contributed by atoms with E-state index in [0.717, 1.165) is 16.3 Å². The minimum absolute atomic E-state index is 0. The first-order chi connectivity index (χ1) is 23.0. The van der Waals surface area contributed by atoms with Crippen LogP contribution in [0.25, 0.3) is 89.7 Å². The third-order valence-electron chi connectivity index (χ3n) is 8.18. The van der Waals surface area contributed by atoms with Gasteiger partial charge in [0, 0.05) is 43.8 Å². The fraction of sp³-hybridized carbons (Fsp3) is 0. The molecular weight excluding hydrogens is 684 g/mol. The normalized spacial score (nSPS) is 12.4. The van der Waals surface area contributed by atoms with Crippen LogP contribution in [0, 0.1) is 0 Å². The predicted molar refractivity (Wildman–Crippen MR) is 181 cm³/mol. The number of aromatic nitrogens is 8. The quantitative estimate of drug-likeness (QED) is 0.139. The molecule has 0 radical (unpaired) electrons. The van der Waals surface area contributed by atoms with E-state index in [1.807, 2.05) is 48.5 Å². The van der Waals surface area contributed by atoms with E-state index in [1.165, 1.54) is 36.4 Å². The van der Waals surface area contributed by atoms with E-state index >= 15 is 0 Å². The van der Waals surface area contributed by atoms with Crippen molar-refractivity contribution >= 4 is 81.7 Å². The van der Waals surface area contributed by atoms with Crippen molar-refractivity contribution < 1.29 is 25.9 Å². The van der Waals surface area contributed by atoms with Gasteiger partial charge in [-0.05, 0) is 36.4 Å². The Hall–Kier alpha value is -5.41. The average Bonchev–Trinajstić information content (AvgIpc) is 3.79. The molecule has 4 aromatic carbocycles. The molecule has 0 amide bonds. The maximum atomic E-state index is 12.1. The first-order valence-electron chi connectivity index (χ1n) is 14.3. The molecule has 17 heteroatoms. The van der Waals surface area contributed by atoms with Gasteiger partial charge in [0.25, 0.3) is 20.2 Å². The Morgan fingerprint density at radius 2 is 0.816 bits per heavy atom. The summed E-state index contributed by atoms with van der Waals surface area (Å²) in [5.41, 5.74) is 3.43. The molecule has 49 heavy (non-hydrogen) atoms. The second-order valence-corrected chi connectivity index (χ2v) is 13.9. The second kappa shape index (κ2) is 10.8. The standard InChI is InChI=1S/C32H18N8O6S2.Al/c41-47(42,43)15-9-11-21-23(13-15)31-38-29(21)36-27-19-7-3-1-5-17(19)25(34-27)33-26-18-6-2-4-8-20(18)28(35-26)37-30-22-12-10-16(48(44,45)46)14-24(22)32(39-30)40-31;/h1-14H,(H,41,42,43)(H,44,45,46)(H2,33,34,35,36,37,38,39,40);/q;+3. The molecule has 234 valence electrons. The monoisotopic (exact) mass is 701 g/mol. The summed E-state index contributed by atoms with van der Waals surface area (Å²) in [6.45, 7) is 0. The van der Waals surface area contributed by atoms with E-state index in [1.54, 1.807) is 0 Å². The molecule has 4 N–H and O–H groups in total. The second-order valence-electron chi connectivity index (χ2n) is 11.1. The van der Waals surface area contributed by atoms with Gasteiger partial charge in [-0.1, -0.05) is 48.5 Å². The molecule has 0 fully saturated rings. The molecule has 2 aliphatic heterocycles.